The molecule has 2 aliphatic rings. The fourth-order valence-electron chi connectivity index (χ4n) is 3.07. The first kappa shape index (κ1) is 14.3. The van der Waals surface area contributed by atoms with Crippen molar-refractivity contribution in [3.63, 3.8) is 0 Å². The lowest BCUT2D eigenvalue weighted by Crippen LogP contribution is -2.40. The monoisotopic (exact) mass is 271 g/mol. The molecule has 0 aromatic rings. The predicted octanol–water partition coefficient (Wildman–Crippen LogP) is -0.0244. The van der Waals surface area contributed by atoms with Gasteiger partial charge >= 0.3 is 5.97 Å². The normalized spacial score (nSPS) is 30.3. The second-order valence-corrected chi connectivity index (χ2v) is 5.76. The molecule has 1 heterocycles. The molecule has 1 aliphatic carbocycles. The Bertz CT molecular complexity index is 354. The summed E-state index contributed by atoms with van der Waals surface area (Å²) in [4.78, 5) is 25.0. The van der Waals surface area contributed by atoms with Crippen LogP contribution in [0, 0.1) is 5.41 Å². The molecule has 6 heteroatoms. The summed E-state index contributed by atoms with van der Waals surface area (Å²) in [6.07, 6.45) is 1.90. The van der Waals surface area contributed by atoms with Crippen molar-refractivity contribution in [2.45, 2.75) is 50.7 Å². The number of likely N-dealkylation sites (tertiary alicyclic amines) is 1. The van der Waals surface area contributed by atoms with Gasteiger partial charge in [-0.3, -0.25) is 9.59 Å². The highest BCUT2D eigenvalue weighted by atomic mass is 16.4. The molecular formula is C13H21NO5. The van der Waals surface area contributed by atoms with E-state index >= 15 is 0 Å². The lowest BCUT2D eigenvalue weighted by Gasteiger charge is -2.33. The van der Waals surface area contributed by atoms with Crippen molar-refractivity contribution in [3.8, 4) is 0 Å². The summed E-state index contributed by atoms with van der Waals surface area (Å²) in [5.41, 5.74) is -0.951. The summed E-state index contributed by atoms with van der Waals surface area (Å²) in [7, 11) is 0. The molecule has 0 aromatic carbocycles. The van der Waals surface area contributed by atoms with Crippen LogP contribution < -0.4 is 0 Å². The number of aliphatic hydroxyl groups is 2. The number of amides is 1. The van der Waals surface area contributed by atoms with Crippen molar-refractivity contribution in [1.82, 2.24) is 4.90 Å². The van der Waals surface area contributed by atoms with Gasteiger partial charge in [0.05, 0.1) is 17.6 Å². The Labute approximate surface area is 112 Å². The van der Waals surface area contributed by atoms with E-state index in [4.69, 9.17) is 0 Å². The zero-order chi connectivity index (χ0) is 14.0. The van der Waals surface area contributed by atoms with Crippen molar-refractivity contribution in [2.75, 3.05) is 13.1 Å². The number of nitrogens with zero attached hydrogens (tertiary/aromatic N) is 1. The van der Waals surface area contributed by atoms with Crippen LogP contribution in [0.1, 0.15) is 38.5 Å². The summed E-state index contributed by atoms with van der Waals surface area (Å²) >= 11 is 0. The highest BCUT2D eigenvalue weighted by Gasteiger charge is 2.43. The van der Waals surface area contributed by atoms with Crippen LogP contribution in [0.3, 0.4) is 0 Å². The topological polar surface area (TPSA) is 98.1 Å². The second kappa shape index (κ2) is 5.46. The summed E-state index contributed by atoms with van der Waals surface area (Å²) < 4.78 is 0. The van der Waals surface area contributed by atoms with Gasteiger partial charge in [-0.1, -0.05) is 19.3 Å². The van der Waals surface area contributed by atoms with E-state index in [0.717, 1.165) is 19.3 Å². The smallest absolute Gasteiger partial charge is 0.310 e. The zero-order valence-electron chi connectivity index (χ0n) is 10.9. The number of aliphatic hydroxyl groups excluding tert-OH is 2. The predicted molar refractivity (Wildman–Crippen MR) is 66.4 cm³/mol. The van der Waals surface area contributed by atoms with Gasteiger partial charge in [-0.05, 0) is 12.8 Å². The molecule has 6 nitrogen and oxygen atoms in total. The summed E-state index contributed by atoms with van der Waals surface area (Å²) in [6.45, 7) is 0.186. The van der Waals surface area contributed by atoms with Gasteiger partial charge in [0.15, 0.2) is 0 Å². The molecule has 2 rings (SSSR count). The Morgan fingerprint density at radius 1 is 1.05 bits per heavy atom. The largest absolute Gasteiger partial charge is 0.481 e. The Balaban J connectivity index is 2.02. The second-order valence-electron chi connectivity index (χ2n) is 5.76. The number of rotatable bonds is 3. The third-order valence-electron chi connectivity index (χ3n) is 4.37. The highest BCUT2D eigenvalue weighted by Crippen LogP contribution is 2.40. The van der Waals surface area contributed by atoms with Crippen molar-refractivity contribution in [1.29, 1.82) is 0 Å². The molecule has 0 radical (unpaired) electrons. The van der Waals surface area contributed by atoms with E-state index in [1.54, 1.807) is 0 Å². The maximum absolute atomic E-state index is 12.2. The average molecular weight is 271 g/mol. The molecule has 1 amide bonds. The highest BCUT2D eigenvalue weighted by molar-refractivity contribution is 5.85. The van der Waals surface area contributed by atoms with Gasteiger partial charge in [0.25, 0.3) is 0 Å². The third kappa shape index (κ3) is 2.90. The molecule has 0 spiro atoms. The van der Waals surface area contributed by atoms with E-state index in [1.807, 2.05) is 0 Å². The maximum Gasteiger partial charge on any atom is 0.310 e. The van der Waals surface area contributed by atoms with E-state index < -0.39 is 23.6 Å². The lowest BCUT2D eigenvalue weighted by atomic mass is 9.71. The summed E-state index contributed by atoms with van der Waals surface area (Å²) in [6, 6.07) is 0. The minimum atomic E-state index is -0.951. The number of aliphatic carboxylic acids is 1. The number of carbonyl (C=O) groups is 2. The van der Waals surface area contributed by atoms with Crippen LogP contribution in [-0.2, 0) is 9.59 Å². The van der Waals surface area contributed by atoms with E-state index in [9.17, 15) is 24.9 Å². The molecule has 19 heavy (non-hydrogen) atoms. The molecule has 1 aliphatic heterocycles. The van der Waals surface area contributed by atoms with Gasteiger partial charge in [-0.2, -0.15) is 0 Å². The molecule has 0 aromatic heterocycles. The Hall–Kier alpha value is -1.14. The third-order valence-corrected chi connectivity index (χ3v) is 4.37. The van der Waals surface area contributed by atoms with E-state index in [1.165, 1.54) is 4.90 Å². The molecule has 0 bridgehead atoms. The first-order chi connectivity index (χ1) is 8.94. The number of carbonyl (C=O) groups excluding carboxylic acids is 1. The van der Waals surface area contributed by atoms with Crippen LogP contribution in [0.5, 0.6) is 0 Å². The first-order valence-electron chi connectivity index (χ1n) is 6.82. The number of hydrogen-bond donors (Lipinski definition) is 3. The van der Waals surface area contributed by atoms with Gasteiger partial charge in [0.2, 0.25) is 5.91 Å². The molecule has 108 valence electrons. The van der Waals surface area contributed by atoms with Gasteiger partial charge in [-0.15, -0.1) is 0 Å². The average Bonchev–Trinajstić information content (AvgIpc) is 2.71. The van der Waals surface area contributed by atoms with Gasteiger partial charge < -0.3 is 20.2 Å². The maximum atomic E-state index is 12.2. The van der Waals surface area contributed by atoms with E-state index in [-0.39, 0.29) is 25.4 Å². The fourth-order valence-corrected chi connectivity index (χ4v) is 3.07. The van der Waals surface area contributed by atoms with Crippen molar-refractivity contribution < 1.29 is 24.9 Å². The molecule has 0 unspecified atom stereocenters. The first-order valence-corrected chi connectivity index (χ1v) is 6.82. The standard InChI is InChI=1S/C13H21NO5/c15-9-7-14(8-10(9)16)11(17)6-13(12(18)19)4-2-1-3-5-13/h9-10,15-16H,1-8H2,(H,18,19)/t9-,10+. The number of carboxylic acid groups (broad SMARTS) is 1. The SMILES string of the molecule is O=C(CC1(C(=O)O)CCCCC1)N1C[C@@H](O)[C@@H](O)C1. The van der Waals surface area contributed by atoms with Crippen LogP contribution in [0.25, 0.3) is 0 Å². The van der Waals surface area contributed by atoms with Gasteiger partial charge in [0, 0.05) is 19.5 Å². The van der Waals surface area contributed by atoms with Crippen molar-refractivity contribution >= 4 is 11.9 Å². The Kier molecular flexibility index (Phi) is 4.10. The number of carboxylic acids is 1. The van der Waals surface area contributed by atoms with Gasteiger partial charge in [-0.25, -0.2) is 0 Å². The Morgan fingerprint density at radius 2 is 1.58 bits per heavy atom. The zero-order valence-corrected chi connectivity index (χ0v) is 10.9. The van der Waals surface area contributed by atoms with Crippen LogP contribution >= 0.6 is 0 Å². The van der Waals surface area contributed by atoms with Crippen molar-refractivity contribution in [3.05, 3.63) is 0 Å². The minimum absolute atomic E-state index is 0.0260. The lowest BCUT2D eigenvalue weighted by molar-refractivity contribution is -0.155. The van der Waals surface area contributed by atoms with Crippen LogP contribution in [-0.4, -0.2) is 57.4 Å². The molecule has 2 atom stereocenters. The number of β-amino-alcohol motifs (C(OH)–C–C–N with tert-alkyl or cyclic N) is 2. The quantitative estimate of drug-likeness (QED) is 0.670. The Morgan fingerprint density at radius 3 is 2.05 bits per heavy atom. The minimum Gasteiger partial charge on any atom is -0.481 e. The summed E-state index contributed by atoms with van der Waals surface area (Å²) in [5, 5.41) is 28.3. The molecular weight excluding hydrogens is 250 g/mol. The summed E-state index contributed by atoms with van der Waals surface area (Å²) in [5.74, 6) is -1.18. The van der Waals surface area contributed by atoms with Crippen LogP contribution in [0.2, 0.25) is 0 Å². The van der Waals surface area contributed by atoms with E-state index in [0.29, 0.717) is 12.8 Å². The number of hydrogen-bond acceptors (Lipinski definition) is 4. The molecule has 2 fully saturated rings. The van der Waals surface area contributed by atoms with E-state index in [2.05, 4.69) is 0 Å². The van der Waals surface area contributed by atoms with Crippen LogP contribution in [0.15, 0.2) is 0 Å². The molecule has 1 saturated heterocycles. The molecule has 1 saturated carbocycles. The van der Waals surface area contributed by atoms with Gasteiger partial charge in [0.1, 0.15) is 0 Å². The molecule has 3 N–H and O–H groups in total. The van der Waals surface area contributed by atoms with Crippen LogP contribution in [0.4, 0.5) is 0 Å². The van der Waals surface area contributed by atoms with Crippen molar-refractivity contribution in [2.24, 2.45) is 5.41 Å². The fraction of sp³-hybridized carbons (Fsp3) is 0.846.